The highest BCUT2D eigenvalue weighted by Crippen LogP contribution is 2.27. The molecule has 0 aliphatic carbocycles. The van der Waals surface area contributed by atoms with Crippen LogP contribution in [-0.2, 0) is 16.0 Å². The van der Waals surface area contributed by atoms with Crippen molar-refractivity contribution in [3.8, 4) is 0 Å². The molecule has 1 saturated heterocycles. The number of benzene rings is 1. The molecule has 2 aliphatic rings. The maximum atomic E-state index is 12.6. The second-order valence-corrected chi connectivity index (χ2v) is 6.19. The molecule has 0 unspecified atom stereocenters. The maximum absolute atomic E-state index is 12.6. The highest BCUT2D eigenvalue weighted by molar-refractivity contribution is 5.96. The summed E-state index contributed by atoms with van der Waals surface area (Å²) in [6, 6.07) is 8.06. The van der Waals surface area contributed by atoms with Gasteiger partial charge in [0, 0.05) is 18.8 Å². The number of nitrogens with zero attached hydrogens (tertiary/aromatic N) is 2. The number of fused-ring (bicyclic) bond motifs is 1. The normalized spacial score (nSPS) is 22.2. The summed E-state index contributed by atoms with van der Waals surface area (Å²) >= 11 is 0. The highest BCUT2D eigenvalue weighted by Gasteiger charge is 2.29. The highest BCUT2D eigenvalue weighted by atomic mass is 16.4. The first-order valence-electron chi connectivity index (χ1n) is 7.98. The van der Waals surface area contributed by atoms with E-state index in [2.05, 4.69) is 6.07 Å². The molecule has 118 valence electrons. The van der Waals surface area contributed by atoms with Gasteiger partial charge in [0.05, 0.1) is 12.5 Å². The van der Waals surface area contributed by atoms with Crippen molar-refractivity contribution >= 4 is 17.6 Å². The molecule has 1 N–H and O–H groups in total. The third-order valence-electron chi connectivity index (χ3n) is 4.62. The first-order chi connectivity index (χ1) is 10.6. The van der Waals surface area contributed by atoms with Gasteiger partial charge in [-0.15, -0.1) is 0 Å². The van der Waals surface area contributed by atoms with E-state index in [0.717, 1.165) is 38.0 Å². The van der Waals surface area contributed by atoms with Crippen LogP contribution in [0.25, 0.3) is 0 Å². The lowest BCUT2D eigenvalue weighted by atomic mass is 9.98. The number of carboxylic acids is 1. The summed E-state index contributed by atoms with van der Waals surface area (Å²) in [6.45, 7) is 2.37. The second-order valence-electron chi connectivity index (χ2n) is 6.19. The summed E-state index contributed by atoms with van der Waals surface area (Å²) in [7, 11) is 0. The Morgan fingerprint density at radius 1 is 1.18 bits per heavy atom. The van der Waals surface area contributed by atoms with Crippen molar-refractivity contribution < 1.29 is 14.7 Å². The Balaban J connectivity index is 1.67. The van der Waals surface area contributed by atoms with E-state index in [-0.39, 0.29) is 11.8 Å². The smallest absolute Gasteiger partial charge is 0.307 e. The van der Waals surface area contributed by atoms with Gasteiger partial charge in [-0.1, -0.05) is 18.2 Å². The summed E-state index contributed by atoms with van der Waals surface area (Å²) in [5.74, 6) is -1.01. The van der Waals surface area contributed by atoms with Gasteiger partial charge >= 0.3 is 5.97 Å². The predicted molar refractivity (Wildman–Crippen MR) is 83.9 cm³/mol. The van der Waals surface area contributed by atoms with Crippen molar-refractivity contribution in [1.29, 1.82) is 0 Å². The van der Waals surface area contributed by atoms with Crippen LogP contribution in [0.5, 0.6) is 0 Å². The molecular formula is C17H22N2O3. The third kappa shape index (κ3) is 3.14. The van der Waals surface area contributed by atoms with Crippen molar-refractivity contribution in [1.82, 2.24) is 4.90 Å². The van der Waals surface area contributed by atoms with E-state index in [4.69, 9.17) is 5.11 Å². The lowest BCUT2D eigenvalue weighted by Gasteiger charge is -2.34. The van der Waals surface area contributed by atoms with E-state index in [9.17, 15) is 9.59 Å². The number of anilines is 1. The van der Waals surface area contributed by atoms with Gasteiger partial charge in [-0.25, -0.2) is 0 Å². The molecule has 0 radical (unpaired) electrons. The molecule has 3 rings (SSSR count). The van der Waals surface area contributed by atoms with Gasteiger partial charge < -0.3 is 10.0 Å². The lowest BCUT2D eigenvalue weighted by Crippen LogP contribution is -2.46. The van der Waals surface area contributed by atoms with Gasteiger partial charge in [-0.05, 0) is 43.9 Å². The molecule has 0 aromatic heterocycles. The Hall–Kier alpha value is -1.88. The number of hydrogen-bond donors (Lipinski definition) is 1. The first-order valence-corrected chi connectivity index (χ1v) is 7.98. The minimum atomic E-state index is -0.750. The zero-order chi connectivity index (χ0) is 15.5. The lowest BCUT2D eigenvalue weighted by molar-refractivity contribution is -0.144. The van der Waals surface area contributed by atoms with Crippen LogP contribution >= 0.6 is 0 Å². The third-order valence-corrected chi connectivity index (χ3v) is 4.62. The van der Waals surface area contributed by atoms with E-state index < -0.39 is 5.97 Å². The molecule has 1 aromatic carbocycles. The summed E-state index contributed by atoms with van der Waals surface area (Å²) in [6.07, 6.45) is 3.57. The van der Waals surface area contributed by atoms with E-state index in [1.54, 1.807) is 0 Å². The maximum Gasteiger partial charge on any atom is 0.307 e. The Bertz CT molecular complexity index is 573. The molecule has 5 heteroatoms. The van der Waals surface area contributed by atoms with Gasteiger partial charge in [0.2, 0.25) is 5.91 Å². The summed E-state index contributed by atoms with van der Waals surface area (Å²) in [5, 5.41) is 9.15. The van der Waals surface area contributed by atoms with Crippen LogP contribution in [0.2, 0.25) is 0 Å². The topological polar surface area (TPSA) is 60.9 Å². The Morgan fingerprint density at radius 2 is 2.00 bits per heavy atom. The number of aryl methyl sites for hydroxylation is 1. The summed E-state index contributed by atoms with van der Waals surface area (Å²) < 4.78 is 0. The molecule has 5 nitrogen and oxygen atoms in total. The molecule has 1 aromatic rings. The van der Waals surface area contributed by atoms with E-state index >= 15 is 0 Å². The van der Waals surface area contributed by atoms with E-state index in [1.807, 2.05) is 28.0 Å². The van der Waals surface area contributed by atoms with Crippen LogP contribution in [0.3, 0.4) is 0 Å². The fraction of sp³-hybridized carbons (Fsp3) is 0.529. The largest absolute Gasteiger partial charge is 0.481 e. The van der Waals surface area contributed by atoms with E-state index in [1.165, 1.54) is 5.56 Å². The Morgan fingerprint density at radius 3 is 2.82 bits per heavy atom. The molecule has 0 bridgehead atoms. The summed E-state index contributed by atoms with van der Waals surface area (Å²) in [4.78, 5) is 27.6. The van der Waals surface area contributed by atoms with Gasteiger partial charge in [-0.3, -0.25) is 14.5 Å². The van der Waals surface area contributed by atoms with Crippen LogP contribution in [0.15, 0.2) is 24.3 Å². The number of carbonyl (C=O) groups excluding carboxylic acids is 1. The van der Waals surface area contributed by atoms with Gasteiger partial charge in [0.15, 0.2) is 0 Å². The average Bonchev–Trinajstić information content (AvgIpc) is 2.54. The van der Waals surface area contributed by atoms with Crippen LogP contribution in [0.1, 0.15) is 24.8 Å². The van der Waals surface area contributed by atoms with Crippen LogP contribution in [-0.4, -0.2) is 48.1 Å². The zero-order valence-electron chi connectivity index (χ0n) is 12.7. The fourth-order valence-electron chi connectivity index (χ4n) is 3.47. The van der Waals surface area contributed by atoms with Crippen molar-refractivity contribution in [2.45, 2.75) is 25.7 Å². The quantitative estimate of drug-likeness (QED) is 0.924. The van der Waals surface area contributed by atoms with Crippen LogP contribution in [0, 0.1) is 5.92 Å². The van der Waals surface area contributed by atoms with Crippen LogP contribution in [0.4, 0.5) is 5.69 Å². The Kier molecular flexibility index (Phi) is 4.43. The van der Waals surface area contributed by atoms with Gasteiger partial charge in [0.25, 0.3) is 0 Å². The van der Waals surface area contributed by atoms with Crippen LogP contribution < -0.4 is 4.90 Å². The van der Waals surface area contributed by atoms with Crippen molar-refractivity contribution in [3.05, 3.63) is 29.8 Å². The number of piperidine rings is 1. The van der Waals surface area contributed by atoms with E-state index in [0.29, 0.717) is 19.5 Å². The first kappa shape index (κ1) is 15.0. The molecular weight excluding hydrogens is 280 g/mol. The zero-order valence-corrected chi connectivity index (χ0v) is 12.7. The number of aliphatic carboxylic acids is 1. The molecule has 1 atom stereocenters. The second kappa shape index (κ2) is 6.48. The standard InChI is InChI=1S/C17H22N2O3/c20-16(12-18-9-3-7-14(11-18)17(21)22)19-10-4-6-13-5-1-2-8-15(13)19/h1-2,5,8,14H,3-4,6-7,9-12H2,(H,21,22)/t14-/m1/s1. The van der Waals surface area contributed by atoms with Crippen molar-refractivity contribution in [3.63, 3.8) is 0 Å². The van der Waals surface area contributed by atoms with Gasteiger partial charge in [-0.2, -0.15) is 0 Å². The molecule has 0 saturated carbocycles. The minimum absolute atomic E-state index is 0.0817. The average molecular weight is 302 g/mol. The number of amides is 1. The molecule has 22 heavy (non-hydrogen) atoms. The number of rotatable bonds is 3. The molecule has 2 aliphatic heterocycles. The summed E-state index contributed by atoms with van der Waals surface area (Å²) in [5.41, 5.74) is 2.25. The van der Waals surface area contributed by atoms with Crippen molar-refractivity contribution in [2.75, 3.05) is 31.1 Å². The molecule has 1 fully saturated rings. The number of carboxylic acid groups (broad SMARTS) is 1. The number of likely N-dealkylation sites (tertiary alicyclic amines) is 1. The van der Waals surface area contributed by atoms with Gasteiger partial charge in [0.1, 0.15) is 0 Å². The number of hydrogen-bond acceptors (Lipinski definition) is 3. The molecule has 0 spiro atoms. The SMILES string of the molecule is O=C(O)[C@@H]1CCCN(CC(=O)N2CCCc3ccccc32)C1. The van der Waals surface area contributed by atoms with Crippen molar-refractivity contribution in [2.24, 2.45) is 5.92 Å². The monoisotopic (exact) mass is 302 g/mol. The number of para-hydroxylation sites is 1. The Labute approximate surface area is 130 Å². The minimum Gasteiger partial charge on any atom is -0.481 e. The molecule has 2 heterocycles. The molecule has 1 amide bonds. The predicted octanol–water partition coefficient (Wildman–Crippen LogP) is 1.76. The fourth-order valence-corrected chi connectivity index (χ4v) is 3.47. The number of carbonyl (C=O) groups is 2.